The molecule has 0 rings (SSSR count). The minimum atomic E-state index is 0. The van der Waals surface area contributed by atoms with Crippen LogP contribution in [0.15, 0.2) is 0 Å². The zero-order chi connectivity index (χ0) is 0. The quantitative estimate of drug-likeness (QED) is 0.391. The Morgan fingerprint density at radius 2 is 1.00 bits per heavy atom. The minimum Gasteiger partial charge on any atom is -1.00 e. The van der Waals surface area contributed by atoms with Crippen molar-refractivity contribution >= 4 is 57.8 Å². The Morgan fingerprint density at radius 1 is 1.00 bits per heavy atom. The third-order valence-corrected chi connectivity index (χ3v) is 0. The van der Waals surface area contributed by atoms with E-state index in [0.717, 1.165) is 0 Å². The fraction of sp³-hybridized carbons (Fsp3) is 0. The van der Waals surface area contributed by atoms with Gasteiger partial charge in [-0.05, 0) is 0 Å². The third kappa shape index (κ3) is 19.5. The molecule has 0 bridgehead atoms. The maximum absolute atomic E-state index is 0. The van der Waals surface area contributed by atoms with Crippen molar-refractivity contribution < 1.29 is 39.4 Å². The van der Waals surface area contributed by atoms with E-state index < -0.39 is 0 Å². The minimum absolute atomic E-state index is 0. The standard InChI is InChI=1S/2Al.Cu.Mg.Zn.8H/q;;;+2;;;;;;;;2*-1. The zero-order valence-electron chi connectivity index (χ0n) is 3.72. The molecule has 0 aromatic carbocycles. The molecule has 0 fully saturated rings. The molecular formula is H8Al2CuMgZn. The molecule has 0 aromatic heterocycles. The van der Waals surface area contributed by atoms with Gasteiger partial charge in [0.2, 0.25) is 0 Å². The molecule has 0 heterocycles. The van der Waals surface area contributed by atoms with Gasteiger partial charge in [0, 0.05) is 36.5 Å². The van der Waals surface area contributed by atoms with Crippen LogP contribution in [0.4, 0.5) is 0 Å². The van der Waals surface area contributed by atoms with Crippen molar-refractivity contribution in [2.24, 2.45) is 0 Å². The summed E-state index contributed by atoms with van der Waals surface area (Å²) in [7, 11) is 0. The van der Waals surface area contributed by atoms with E-state index in [1.807, 2.05) is 0 Å². The molecule has 5 heteroatoms. The molecule has 0 atom stereocenters. The second kappa shape index (κ2) is 28.1. The average Bonchev–Trinajstić information content (AvgIpc) is 0. The van der Waals surface area contributed by atoms with Crippen LogP contribution >= 0.6 is 0 Å². The number of rotatable bonds is 0. The fourth-order valence-corrected chi connectivity index (χ4v) is 0. The molecule has 29 valence electrons. The molecule has 0 saturated carbocycles. The summed E-state index contributed by atoms with van der Waals surface area (Å²) < 4.78 is 0. The van der Waals surface area contributed by atoms with E-state index in [1.165, 1.54) is 0 Å². The van der Waals surface area contributed by atoms with Crippen LogP contribution in [0.3, 0.4) is 0 Å². The van der Waals surface area contributed by atoms with Gasteiger partial charge in [0.25, 0.3) is 0 Å². The Labute approximate surface area is 95.8 Å². The smallest absolute Gasteiger partial charge is 1.00 e. The van der Waals surface area contributed by atoms with E-state index in [1.54, 1.807) is 0 Å². The van der Waals surface area contributed by atoms with Crippen molar-refractivity contribution in [3.05, 3.63) is 0 Å². The van der Waals surface area contributed by atoms with Crippen LogP contribution in [0.2, 0.25) is 0 Å². The Balaban J connectivity index is 0. The summed E-state index contributed by atoms with van der Waals surface area (Å²) in [5.74, 6) is 0. The molecule has 0 aliphatic carbocycles. The molecular weight excluding hydrogens is 207 g/mol. The topological polar surface area (TPSA) is 0 Å². The van der Waals surface area contributed by atoms with Crippen LogP contribution < -0.4 is 0 Å². The zero-order valence-corrected chi connectivity index (χ0v) is 7.04. The predicted octanol–water partition coefficient (Wildman–Crippen LogP) is -2.53. The molecule has 0 nitrogen and oxygen atoms in total. The normalized spacial score (nSPS) is 0. The van der Waals surface area contributed by atoms with Gasteiger partial charge in [-0.2, -0.15) is 0 Å². The van der Waals surface area contributed by atoms with Crippen LogP contribution in [-0.2, 0) is 36.5 Å². The first kappa shape index (κ1) is 43.8. The van der Waals surface area contributed by atoms with E-state index in [2.05, 4.69) is 0 Å². The Morgan fingerprint density at radius 3 is 1.00 bits per heavy atom. The summed E-state index contributed by atoms with van der Waals surface area (Å²) in [6.45, 7) is 0. The summed E-state index contributed by atoms with van der Waals surface area (Å²) in [4.78, 5) is 0. The van der Waals surface area contributed by atoms with Crippen molar-refractivity contribution in [3.63, 3.8) is 0 Å². The van der Waals surface area contributed by atoms with Gasteiger partial charge in [0.05, 0.1) is 0 Å². The Kier molecular flexibility index (Phi) is 247. The first-order valence-corrected chi connectivity index (χ1v) is 0. The molecule has 0 spiro atoms. The number of hydrogen-bond acceptors (Lipinski definition) is 0. The van der Waals surface area contributed by atoms with Crippen LogP contribution in [0.25, 0.3) is 0 Å². The first-order valence-electron chi connectivity index (χ1n) is 0. The van der Waals surface area contributed by atoms with Crippen LogP contribution in [0, 0.1) is 0 Å². The Bertz CT molecular complexity index is 15.7. The summed E-state index contributed by atoms with van der Waals surface area (Å²) in [6, 6.07) is 0. The van der Waals surface area contributed by atoms with Gasteiger partial charge in [-0.25, -0.2) is 0 Å². The second-order valence-corrected chi connectivity index (χ2v) is 0. The maximum atomic E-state index is 0. The van der Waals surface area contributed by atoms with Crippen LogP contribution in [0.1, 0.15) is 2.85 Å². The summed E-state index contributed by atoms with van der Waals surface area (Å²) in [6.07, 6.45) is 0. The van der Waals surface area contributed by atoms with E-state index in [9.17, 15) is 0 Å². The molecule has 5 heavy (non-hydrogen) atoms. The van der Waals surface area contributed by atoms with Gasteiger partial charge < -0.3 is 2.85 Å². The first-order chi connectivity index (χ1) is 0. The van der Waals surface area contributed by atoms with E-state index >= 15 is 0 Å². The number of hydrogen-bond donors (Lipinski definition) is 0. The summed E-state index contributed by atoms with van der Waals surface area (Å²) in [5, 5.41) is 0. The van der Waals surface area contributed by atoms with Gasteiger partial charge in [-0.3, -0.25) is 0 Å². The molecule has 0 unspecified atom stereocenters. The van der Waals surface area contributed by atoms with Gasteiger partial charge in [-0.15, -0.1) is 0 Å². The van der Waals surface area contributed by atoms with Crippen molar-refractivity contribution in [3.8, 4) is 0 Å². The Hall–Kier alpha value is 2.97. The van der Waals surface area contributed by atoms with Gasteiger partial charge in [-0.1, -0.05) is 0 Å². The second-order valence-electron chi connectivity index (χ2n) is 0. The molecule has 0 saturated heterocycles. The van der Waals surface area contributed by atoms with Gasteiger partial charge in [0.1, 0.15) is 0 Å². The van der Waals surface area contributed by atoms with Crippen molar-refractivity contribution in [2.75, 3.05) is 0 Å². The van der Waals surface area contributed by atoms with E-state index in [-0.39, 0.29) is 97.2 Å². The molecule has 0 amide bonds. The predicted molar refractivity (Wildman–Crippen MR) is 27.9 cm³/mol. The molecule has 1 radical (unpaired) electrons. The largest absolute Gasteiger partial charge is 2.00 e. The molecule has 0 aliphatic heterocycles. The monoisotopic (exact) mass is 213 g/mol. The van der Waals surface area contributed by atoms with E-state index in [0.29, 0.717) is 0 Å². The van der Waals surface area contributed by atoms with Crippen molar-refractivity contribution in [2.45, 2.75) is 0 Å². The van der Waals surface area contributed by atoms with E-state index in [4.69, 9.17) is 0 Å². The molecule has 0 aromatic rings. The van der Waals surface area contributed by atoms with Crippen LogP contribution in [-0.4, -0.2) is 57.8 Å². The van der Waals surface area contributed by atoms with Crippen LogP contribution in [0.5, 0.6) is 0 Å². The third-order valence-electron chi connectivity index (χ3n) is 0. The summed E-state index contributed by atoms with van der Waals surface area (Å²) in [5.41, 5.74) is 0. The SMILES string of the molecule is [AlH3].[AlH3].[Cu].[H-].[H-].[Mg+2].[Zn]. The average molecular weight is 215 g/mol. The van der Waals surface area contributed by atoms with Gasteiger partial charge >= 0.3 is 23.1 Å². The van der Waals surface area contributed by atoms with Gasteiger partial charge in [0.15, 0.2) is 34.7 Å². The van der Waals surface area contributed by atoms with Crippen molar-refractivity contribution in [1.29, 1.82) is 0 Å². The molecule has 0 aliphatic rings. The maximum Gasteiger partial charge on any atom is 2.00 e. The summed E-state index contributed by atoms with van der Waals surface area (Å²) >= 11 is 0. The van der Waals surface area contributed by atoms with Crippen molar-refractivity contribution in [1.82, 2.24) is 0 Å². The fourth-order valence-electron chi connectivity index (χ4n) is 0. The molecule has 0 N–H and O–H groups in total.